The van der Waals surface area contributed by atoms with Gasteiger partial charge in [-0.1, -0.05) is 37.3 Å². The van der Waals surface area contributed by atoms with Crippen molar-refractivity contribution in [1.29, 1.82) is 0 Å². The molecule has 2 rings (SSSR count). The predicted molar refractivity (Wildman–Crippen MR) is 91.7 cm³/mol. The zero-order valence-corrected chi connectivity index (χ0v) is 13.9. The lowest BCUT2D eigenvalue weighted by atomic mass is 10.1. The standard InChI is InChI=1S/C18H21NO2S/c1-4-22-17-12-8-6-10-15(17)18(20)19-13(2)14-9-5-7-11-16(14)21-3/h5-13H,4H2,1-3H3,(H,19,20). The van der Waals surface area contributed by atoms with E-state index in [-0.39, 0.29) is 11.9 Å². The van der Waals surface area contributed by atoms with Crippen LogP contribution in [0, 0.1) is 0 Å². The van der Waals surface area contributed by atoms with Gasteiger partial charge in [-0.2, -0.15) is 0 Å². The predicted octanol–water partition coefficient (Wildman–Crippen LogP) is 4.30. The van der Waals surface area contributed by atoms with Crippen LogP contribution in [0.3, 0.4) is 0 Å². The van der Waals surface area contributed by atoms with Crippen LogP contribution in [0.5, 0.6) is 5.75 Å². The van der Waals surface area contributed by atoms with E-state index in [2.05, 4.69) is 12.2 Å². The maximum absolute atomic E-state index is 12.6. The van der Waals surface area contributed by atoms with E-state index in [1.54, 1.807) is 18.9 Å². The van der Waals surface area contributed by atoms with E-state index in [0.717, 1.165) is 27.5 Å². The smallest absolute Gasteiger partial charge is 0.252 e. The molecule has 4 heteroatoms. The summed E-state index contributed by atoms with van der Waals surface area (Å²) in [7, 11) is 1.64. The molecule has 0 saturated carbocycles. The van der Waals surface area contributed by atoms with Crippen LogP contribution < -0.4 is 10.1 Å². The Morgan fingerprint density at radius 3 is 2.59 bits per heavy atom. The minimum atomic E-state index is -0.122. The fourth-order valence-electron chi connectivity index (χ4n) is 2.31. The van der Waals surface area contributed by atoms with Gasteiger partial charge in [0.2, 0.25) is 0 Å². The normalized spacial score (nSPS) is 11.8. The Morgan fingerprint density at radius 1 is 1.18 bits per heavy atom. The monoisotopic (exact) mass is 315 g/mol. The first-order chi connectivity index (χ1) is 10.7. The molecule has 0 aliphatic carbocycles. The van der Waals surface area contributed by atoms with Crippen molar-refractivity contribution < 1.29 is 9.53 Å². The van der Waals surface area contributed by atoms with Crippen LogP contribution in [0.4, 0.5) is 0 Å². The second-order valence-electron chi connectivity index (χ2n) is 4.87. The summed E-state index contributed by atoms with van der Waals surface area (Å²) in [6, 6.07) is 15.3. The van der Waals surface area contributed by atoms with E-state index in [4.69, 9.17) is 4.74 Å². The van der Waals surface area contributed by atoms with Crippen molar-refractivity contribution in [3.63, 3.8) is 0 Å². The molecule has 2 aromatic carbocycles. The maximum atomic E-state index is 12.6. The third-order valence-corrected chi connectivity index (χ3v) is 4.34. The molecule has 1 amide bonds. The van der Waals surface area contributed by atoms with Gasteiger partial charge < -0.3 is 10.1 Å². The van der Waals surface area contributed by atoms with Crippen molar-refractivity contribution in [1.82, 2.24) is 5.32 Å². The number of rotatable bonds is 6. The average molecular weight is 315 g/mol. The SMILES string of the molecule is CCSc1ccccc1C(=O)NC(C)c1ccccc1OC. The number of nitrogens with one attached hydrogen (secondary N) is 1. The Kier molecular flexibility index (Phi) is 5.90. The van der Waals surface area contributed by atoms with Gasteiger partial charge in [0.05, 0.1) is 18.7 Å². The molecule has 0 heterocycles. The second-order valence-corrected chi connectivity index (χ2v) is 6.17. The van der Waals surface area contributed by atoms with Gasteiger partial charge in [0, 0.05) is 10.5 Å². The quantitative estimate of drug-likeness (QED) is 0.808. The number of carbonyl (C=O) groups is 1. The Bertz CT molecular complexity index is 642. The van der Waals surface area contributed by atoms with E-state index in [9.17, 15) is 4.79 Å². The molecule has 0 bridgehead atoms. The maximum Gasteiger partial charge on any atom is 0.252 e. The first-order valence-electron chi connectivity index (χ1n) is 7.33. The summed E-state index contributed by atoms with van der Waals surface area (Å²) in [5.41, 5.74) is 1.69. The number of methoxy groups -OCH3 is 1. The van der Waals surface area contributed by atoms with Crippen LogP contribution in [0.25, 0.3) is 0 Å². The van der Waals surface area contributed by atoms with Gasteiger partial charge >= 0.3 is 0 Å². The molecule has 1 N–H and O–H groups in total. The summed E-state index contributed by atoms with van der Waals surface area (Å²) in [5.74, 6) is 1.66. The van der Waals surface area contributed by atoms with E-state index in [0.29, 0.717) is 0 Å². The Labute approximate surface area is 136 Å². The van der Waals surface area contributed by atoms with Crippen molar-refractivity contribution in [2.75, 3.05) is 12.9 Å². The largest absolute Gasteiger partial charge is 0.496 e. The van der Waals surface area contributed by atoms with Gasteiger partial charge in [0.1, 0.15) is 5.75 Å². The minimum Gasteiger partial charge on any atom is -0.496 e. The summed E-state index contributed by atoms with van der Waals surface area (Å²) >= 11 is 1.68. The number of thioether (sulfide) groups is 1. The van der Waals surface area contributed by atoms with E-state index in [1.807, 2.05) is 55.5 Å². The van der Waals surface area contributed by atoms with Crippen molar-refractivity contribution >= 4 is 17.7 Å². The van der Waals surface area contributed by atoms with E-state index < -0.39 is 0 Å². The van der Waals surface area contributed by atoms with Crippen molar-refractivity contribution in [2.45, 2.75) is 24.8 Å². The summed E-state index contributed by atoms with van der Waals surface area (Å²) < 4.78 is 5.36. The molecule has 116 valence electrons. The molecule has 0 aromatic heterocycles. The van der Waals surface area contributed by atoms with Gasteiger partial charge in [-0.25, -0.2) is 0 Å². The molecule has 1 unspecified atom stereocenters. The first-order valence-corrected chi connectivity index (χ1v) is 8.31. The molecule has 22 heavy (non-hydrogen) atoms. The summed E-state index contributed by atoms with van der Waals surface area (Å²) in [4.78, 5) is 13.6. The van der Waals surface area contributed by atoms with Gasteiger partial charge in [0.25, 0.3) is 5.91 Å². The number of para-hydroxylation sites is 1. The number of hydrogen-bond acceptors (Lipinski definition) is 3. The third kappa shape index (κ3) is 3.83. The lowest BCUT2D eigenvalue weighted by Gasteiger charge is -2.18. The number of hydrogen-bond donors (Lipinski definition) is 1. The lowest BCUT2D eigenvalue weighted by Crippen LogP contribution is -2.27. The Hall–Kier alpha value is -1.94. The molecular formula is C18H21NO2S. The lowest BCUT2D eigenvalue weighted by molar-refractivity contribution is 0.0936. The van der Waals surface area contributed by atoms with Crippen LogP contribution in [0.1, 0.15) is 35.8 Å². The van der Waals surface area contributed by atoms with Crippen LogP contribution in [-0.2, 0) is 0 Å². The number of benzene rings is 2. The highest BCUT2D eigenvalue weighted by atomic mass is 32.2. The number of ether oxygens (including phenoxy) is 1. The fourth-order valence-corrected chi connectivity index (χ4v) is 3.11. The zero-order chi connectivity index (χ0) is 15.9. The third-order valence-electron chi connectivity index (χ3n) is 3.38. The van der Waals surface area contributed by atoms with Gasteiger partial charge in [-0.05, 0) is 30.9 Å². The Morgan fingerprint density at radius 2 is 1.86 bits per heavy atom. The molecule has 0 fully saturated rings. The van der Waals surface area contributed by atoms with Gasteiger partial charge in [-0.15, -0.1) is 11.8 Å². The highest BCUT2D eigenvalue weighted by Gasteiger charge is 2.16. The highest BCUT2D eigenvalue weighted by Crippen LogP contribution is 2.26. The number of amides is 1. The molecule has 3 nitrogen and oxygen atoms in total. The van der Waals surface area contributed by atoms with Gasteiger partial charge in [-0.3, -0.25) is 4.79 Å². The molecule has 0 saturated heterocycles. The second kappa shape index (κ2) is 7.90. The van der Waals surface area contributed by atoms with Crippen LogP contribution in [0.15, 0.2) is 53.4 Å². The summed E-state index contributed by atoms with van der Waals surface area (Å²) in [6.07, 6.45) is 0. The topological polar surface area (TPSA) is 38.3 Å². The molecule has 0 aliphatic rings. The molecule has 1 atom stereocenters. The average Bonchev–Trinajstić information content (AvgIpc) is 2.55. The van der Waals surface area contributed by atoms with Crippen LogP contribution >= 0.6 is 11.8 Å². The van der Waals surface area contributed by atoms with Crippen molar-refractivity contribution in [3.05, 3.63) is 59.7 Å². The summed E-state index contributed by atoms with van der Waals surface area (Å²) in [5, 5.41) is 3.05. The molecule has 0 aliphatic heterocycles. The minimum absolute atomic E-state index is 0.0602. The van der Waals surface area contributed by atoms with E-state index >= 15 is 0 Å². The molecule has 0 spiro atoms. The Balaban J connectivity index is 2.18. The molecular weight excluding hydrogens is 294 g/mol. The van der Waals surface area contributed by atoms with Crippen LogP contribution in [-0.4, -0.2) is 18.8 Å². The van der Waals surface area contributed by atoms with Crippen LogP contribution in [0.2, 0.25) is 0 Å². The number of carbonyl (C=O) groups excluding carboxylic acids is 1. The summed E-state index contributed by atoms with van der Waals surface area (Å²) in [6.45, 7) is 4.04. The molecule has 2 aromatic rings. The molecule has 0 radical (unpaired) electrons. The highest BCUT2D eigenvalue weighted by molar-refractivity contribution is 7.99. The van der Waals surface area contributed by atoms with Crippen molar-refractivity contribution in [2.24, 2.45) is 0 Å². The van der Waals surface area contributed by atoms with Crippen molar-refractivity contribution in [3.8, 4) is 5.75 Å². The van der Waals surface area contributed by atoms with Gasteiger partial charge in [0.15, 0.2) is 0 Å². The first kappa shape index (κ1) is 16.4. The van der Waals surface area contributed by atoms with E-state index in [1.165, 1.54) is 0 Å². The fraction of sp³-hybridized carbons (Fsp3) is 0.278. The zero-order valence-electron chi connectivity index (χ0n) is 13.1.